The van der Waals surface area contributed by atoms with Crippen molar-refractivity contribution in [2.24, 2.45) is 0 Å². The van der Waals surface area contributed by atoms with Crippen LogP contribution in [-0.4, -0.2) is 11.5 Å². The van der Waals surface area contributed by atoms with Crippen LogP contribution in [0.3, 0.4) is 0 Å². The Morgan fingerprint density at radius 3 is 2.21 bits per heavy atom. The van der Waals surface area contributed by atoms with Crippen LogP contribution in [0.4, 0.5) is 5.69 Å². The summed E-state index contributed by atoms with van der Waals surface area (Å²) in [5, 5.41) is 10.5. The van der Waals surface area contributed by atoms with Gasteiger partial charge in [-0.05, 0) is 31.9 Å². The third kappa shape index (κ3) is 2.02. The molecule has 0 unspecified atom stereocenters. The van der Waals surface area contributed by atoms with E-state index in [4.69, 9.17) is 4.74 Å². The van der Waals surface area contributed by atoms with Crippen molar-refractivity contribution in [3.63, 3.8) is 0 Å². The summed E-state index contributed by atoms with van der Waals surface area (Å²) < 4.78 is 5.38. The maximum atomic E-state index is 10.5. The number of nitro groups is 1. The van der Waals surface area contributed by atoms with Crippen molar-refractivity contribution in [3.05, 3.63) is 33.4 Å². The van der Waals surface area contributed by atoms with Gasteiger partial charge in [-0.2, -0.15) is 0 Å². The van der Waals surface area contributed by atoms with Gasteiger partial charge in [0.1, 0.15) is 5.75 Å². The number of nitro benzene ring substituents is 1. The predicted octanol–water partition coefficient (Wildman–Crippen LogP) is 2.61. The Bertz CT molecular complexity index is 337. The molecule has 0 saturated heterocycles. The van der Waals surface area contributed by atoms with Gasteiger partial charge in [0.05, 0.1) is 11.5 Å². The summed E-state index contributed by atoms with van der Waals surface area (Å²) in [5.74, 6) is 0.748. The first kappa shape index (κ1) is 10.5. The molecule has 1 rings (SSSR count). The van der Waals surface area contributed by atoms with E-state index in [0.717, 1.165) is 16.9 Å². The first-order chi connectivity index (χ1) is 6.56. The monoisotopic (exact) mass is 195 g/mol. The highest BCUT2D eigenvalue weighted by molar-refractivity contribution is 5.48. The number of nitrogens with zero attached hydrogens (tertiary/aromatic N) is 1. The van der Waals surface area contributed by atoms with Gasteiger partial charge in [0, 0.05) is 12.1 Å². The molecule has 0 fully saturated rings. The lowest BCUT2D eigenvalue weighted by atomic mass is 10.1. The Hall–Kier alpha value is -1.58. The van der Waals surface area contributed by atoms with Crippen LogP contribution < -0.4 is 4.74 Å². The van der Waals surface area contributed by atoms with E-state index in [1.807, 2.05) is 20.8 Å². The molecule has 14 heavy (non-hydrogen) atoms. The quantitative estimate of drug-likeness (QED) is 0.550. The van der Waals surface area contributed by atoms with E-state index in [9.17, 15) is 10.1 Å². The van der Waals surface area contributed by atoms with Crippen LogP contribution in [0, 0.1) is 24.0 Å². The van der Waals surface area contributed by atoms with E-state index in [2.05, 4.69) is 0 Å². The van der Waals surface area contributed by atoms with Gasteiger partial charge < -0.3 is 4.74 Å². The Morgan fingerprint density at radius 2 is 1.86 bits per heavy atom. The Balaban J connectivity index is 3.18. The van der Waals surface area contributed by atoms with Gasteiger partial charge in [-0.1, -0.05) is 0 Å². The van der Waals surface area contributed by atoms with Crippen molar-refractivity contribution in [1.29, 1.82) is 0 Å². The van der Waals surface area contributed by atoms with Crippen molar-refractivity contribution >= 4 is 5.69 Å². The SMILES string of the molecule is CCOc1c(C)cc([N+](=O)[O-])cc1C. The van der Waals surface area contributed by atoms with Gasteiger partial charge in [-0.25, -0.2) is 0 Å². The van der Waals surface area contributed by atoms with Crippen molar-refractivity contribution in [3.8, 4) is 5.75 Å². The van der Waals surface area contributed by atoms with E-state index in [1.54, 1.807) is 0 Å². The smallest absolute Gasteiger partial charge is 0.270 e. The zero-order valence-electron chi connectivity index (χ0n) is 8.53. The summed E-state index contributed by atoms with van der Waals surface area (Å²) in [6.45, 7) is 6.08. The molecule has 76 valence electrons. The van der Waals surface area contributed by atoms with Crippen LogP contribution in [-0.2, 0) is 0 Å². The standard InChI is InChI=1S/C10H13NO3/c1-4-14-10-7(2)5-9(11(12)13)6-8(10)3/h5-6H,4H2,1-3H3. The second kappa shape index (κ2) is 4.09. The minimum atomic E-state index is -0.393. The fourth-order valence-corrected chi connectivity index (χ4v) is 1.40. The largest absolute Gasteiger partial charge is 0.493 e. The molecule has 0 heterocycles. The molecule has 0 aliphatic carbocycles. The third-order valence-corrected chi connectivity index (χ3v) is 1.94. The molecule has 0 radical (unpaired) electrons. The molecular formula is C10H13NO3. The fourth-order valence-electron chi connectivity index (χ4n) is 1.40. The van der Waals surface area contributed by atoms with Crippen LogP contribution in [0.1, 0.15) is 18.1 Å². The summed E-state index contributed by atoms with van der Waals surface area (Å²) in [6.07, 6.45) is 0. The van der Waals surface area contributed by atoms with E-state index in [-0.39, 0.29) is 5.69 Å². The summed E-state index contributed by atoms with van der Waals surface area (Å²) in [6, 6.07) is 3.05. The van der Waals surface area contributed by atoms with Gasteiger partial charge >= 0.3 is 0 Å². The van der Waals surface area contributed by atoms with Crippen LogP contribution in [0.25, 0.3) is 0 Å². The summed E-state index contributed by atoms with van der Waals surface area (Å²) in [7, 11) is 0. The van der Waals surface area contributed by atoms with Gasteiger partial charge in [0.25, 0.3) is 5.69 Å². The molecule has 0 aliphatic heterocycles. The molecular weight excluding hydrogens is 182 g/mol. The van der Waals surface area contributed by atoms with Gasteiger partial charge in [0.2, 0.25) is 0 Å². The lowest BCUT2D eigenvalue weighted by Crippen LogP contribution is -1.98. The third-order valence-electron chi connectivity index (χ3n) is 1.94. The molecule has 0 aliphatic rings. The molecule has 0 bridgehead atoms. The predicted molar refractivity (Wildman–Crippen MR) is 53.7 cm³/mol. The molecule has 0 aromatic heterocycles. The van der Waals surface area contributed by atoms with E-state index in [1.165, 1.54) is 12.1 Å². The number of aryl methyl sites for hydroxylation is 2. The number of hydrogen-bond acceptors (Lipinski definition) is 3. The van der Waals surface area contributed by atoms with E-state index in [0.29, 0.717) is 6.61 Å². The van der Waals surface area contributed by atoms with E-state index >= 15 is 0 Å². The molecule has 4 nitrogen and oxygen atoms in total. The number of non-ortho nitro benzene ring substituents is 1. The molecule has 0 spiro atoms. The van der Waals surface area contributed by atoms with E-state index < -0.39 is 4.92 Å². The Labute approximate surface area is 82.7 Å². The molecule has 0 N–H and O–H groups in total. The Morgan fingerprint density at radius 1 is 1.36 bits per heavy atom. The van der Waals surface area contributed by atoms with Gasteiger partial charge in [0.15, 0.2) is 0 Å². The second-order valence-corrected chi connectivity index (χ2v) is 3.10. The minimum Gasteiger partial charge on any atom is -0.493 e. The minimum absolute atomic E-state index is 0.114. The van der Waals surface area contributed by atoms with Crippen LogP contribution >= 0.6 is 0 Å². The number of rotatable bonds is 3. The number of hydrogen-bond donors (Lipinski definition) is 0. The average Bonchev–Trinajstić information content (AvgIpc) is 2.10. The highest BCUT2D eigenvalue weighted by Gasteiger charge is 2.12. The summed E-state index contributed by atoms with van der Waals surface area (Å²) >= 11 is 0. The van der Waals surface area contributed by atoms with Crippen molar-refractivity contribution in [2.75, 3.05) is 6.61 Å². The maximum absolute atomic E-state index is 10.5. The summed E-state index contributed by atoms with van der Waals surface area (Å²) in [5.41, 5.74) is 1.72. The van der Waals surface area contributed by atoms with Crippen LogP contribution in [0.2, 0.25) is 0 Å². The maximum Gasteiger partial charge on any atom is 0.270 e. The van der Waals surface area contributed by atoms with Crippen molar-refractivity contribution in [1.82, 2.24) is 0 Å². The average molecular weight is 195 g/mol. The molecule has 1 aromatic carbocycles. The van der Waals surface area contributed by atoms with Crippen LogP contribution in [0.15, 0.2) is 12.1 Å². The van der Waals surface area contributed by atoms with Crippen molar-refractivity contribution in [2.45, 2.75) is 20.8 Å². The number of ether oxygens (including phenoxy) is 1. The number of benzene rings is 1. The highest BCUT2D eigenvalue weighted by atomic mass is 16.6. The first-order valence-electron chi connectivity index (χ1n) is 4.44. The molecule has 1 aromatic rings. The lowest BCUT2D eigenvalue weighted by molar-refractivity contribution is -0.385. The lowest BCUT2D eigenvalue weighted by Gasteiger charge is -2.09. The summed E-state index contributed by atoms with van der Waals surface area (Å²) in [4.78, 5) is 10.1. The zero-order chi connectivity index (χ0) is 10.7. The fraction of sp³-hybridized carbons (Fsp3) is 0.400. The topological polar surface area (TPSA) is 52.4 Å². The zero-order valence-corrected chi connectivity index (χ0v) is 8.53. The molecule has 0 amide bonds. The molecule has 0 saturated carbocycles. The first-order valence-corrected chi connectivity index (χ1v) is 4.44. The molecule has 0 atom stereocenters. The van der Waals surface area contributed by atoms with Crippen LogP contribution in [0.5, 0.6) is 5.75 Å². The highest BCUT2D eigenvalue weighted by Crippen LogP contribution is 2.27. The molecule has 4 heteroatoms. The van der Waals surface area contributed by atoms with Crippen molar-refractivity contribution < 1.29 is 9.66 Å². The second-order valence-electron chi connectivity index (χ2n) is 3.10. The van der Waals surface area contributed by atoms with Gasteiger partial charge in [-0.3, -0.25) is 10.1 Å². The normalized spacial score (nSPS) is 9.93. The Kier molecular flexibility index (Phi) is 3.06. The van der Waals surface area contributed by atoms with Gasteiger partial charge in [-0.15, -0.1) is 0 Å².